The van der Waals surface area contributed by atoms with Gasteiger partial charge in [0.2, 0.25) is 0 Å². The van der Waals surface area contributed by atoms with Crippen LogP contribution in [0.2, 0.25) is 0 Å². The molecule has 1 heterocycles. The van der Waals surface area contributed by atoms with Crippen molar-refractivity contribution in [2.24, 2.45) is 0 Å². The van der Waals surface area contributed by atoms with Gasteiger partial charge in [-0.25, -0.2) is 4.39 Å². The second-order valence-corrected chi connectivity index (χ2v) is 4.76. The quantitative estimate of drug-likeness (QED) is 0.698. The maximum Gasteiger partial charge on any atom is 0.123 e. The van der Waals surface area contributed by atoms with Crippen LogP contribution in [0, 0.1) is 5.82 Å². The number of hydrogen-bond donors (Lipinski definition) is 3. The maximum atomic E-state index is 12.7. The molecule has 18 heavy (non-hydrogen) atoms. The van der Waals surface area contributed by atoms with E-state index < -0.39 is 18.3 Å². The van der Waals surface area contributed by atoms with Gasteiger partial charge in [0, 0.05) is 19.6 Å². The lowest BCUT2D eigenvalue weighted by Crippen LogP contribution is -2.55. The number of hydrogen-bond acceptors (Lipinski definition) is 4. The van der Waals surface area contributed by atoms with Crippen LogP contribution in [0.3, 0.4) is 0 Å². The molecule has 1 aromatic carbocycles. The summed E-state index contributed by atoms with van der Waals surface area (Å²) in [6.07, 6.45) is -2.17. The van der Waals surface area contributed by atoms with Gasteiger partial charge in [0.15, 0.2) is 0 Å². The van der Waals surface area contributed by atoms with E-state index in [2.05, 4.69) is 0 Å². The summed E-state index contributed by atoms with van der Waals surface area (Å²) in [5.74, 6) is -0.259. The predicted molar refractivity (Wildman–Crippen MR) is 64.6 cm³/mol. The number of aliphatic hydroxyl groups is 3. The molecule has 1 aliphatic rings. The van der Waals surface area contributed by atoms with Gasteiger partial charge in [-0.1, -0.05) is 12.1 Å². The Morgan fingerprint density at radius 1 is 1.06 bits per heavy atom. The van der Waals surface area contributed by atoms with Crippen molar-refractivity contribution < 1.29 is 19.7 Å². The van der Waals surface area contributed by atoms with Gasteiger partial charge in [-0.2, -0.15) is 0 Å². The maximum absolute atomic E-state index is 12.7. The molecule has 100 valence electrons. The molecule has 1 saturated heterocycles. The van der Waals surface area contributed by atoms with Gasteiger partial charge < -0.3 is 15.3 Å². The van der Waals surface area contributed by atoms with Crippen molar-refractivity contribution in [1.29, 1.82) is 0 Å². The first-order valence-electron chi connectivity index (χ1n) is 6.07. The van der Waals surface area contributed by atoms with Gasteiger partial charge in [0.25, 0.3) is 0 Å². The molecule has 0 saturated carbocycles. The van der Waals surface area contributed by atoms with Crippen molar-refractivity contribution in [1.82, 2.24) is 4.90 Å². The topological polar surface area (TPSA) is 63.9 Å². The van der Waals surface area contributed by atoms with Crippen LogP contribution >= 0.6 is 0 Å². The van der Waals surface area contributed by atoms with E-state index >= 15 is 0 Å². The minimum atomic E-state index is -1.06. The summed E-state index contributed by atoms with van der Waals surface area (Å²) in [5.41, 5.74) is 1.01. The molecule has 0 aromatic heterocycles. The Morgan fingerprint density at radius 3 is 2.17 bits per heavy atom. The van der Waals surface area contributed by atoms with Gasteiger partial charge >= 0.3 is 0 Å². The Hall–Kier alpha value is -1.01. The van der Waals surface area contributed by atoms with E-state index in [1.54, 1.807) is 12.1 Å². The first kappa shape index (κ1) is 13.4. The third kappa shape index (κ3) is 3.26. The highest BCUT2D eigenvalue weighted by atomic mass is 19.1. The van der Waals surface area contributed by atoms with Crippen LogP contribution < -0.4 is 0 Å². The van der Waals surface area contributed by atoms with Crippen molar-refractivity contribution in [2.45, 2.75) is 24.7 Å². The van der Waals surface area contributed by atoms with Crippen LogP contribution in [-0.4, -0.2) is 58.2 Å². The predicted octanol–water partition coefficient (Wildman–Crippen LogP) is -0.233. The molecule has 0 bridgehead atoms. The van der Waals surface area contributed by atoms with E-state index in [-0.39, 0.29) is 5.82 Å². The van der Waals surface area contributed by atoms with E-state index in [1.807, 2.05) is 4.90 Å². The monoisotopic (exact) mass is 255 g/mol. The molecule has 1 fully saturated rings. The molecule has 0 amide bonds. The zero-order valence-electron chi connectivity index (χ0n) is 10.0. The normalized spacial score (nSPS) is 29.4. The van der Waals surface area contributed by atoms with Crippen LogP contribution in [-0.2, 0) is 6.42 Å². The molecule has 0 spiro atoms. The number of aliphatic hydroxyl groups excluding tert-OH is 3. The molecule has 0 aliphatic carbocycles. The highest BCUT2D eigenvalue weighted by Gasteiger charge is 2.32. The van der Waals surface area contributed by atoms with Crippen molar-refractivity contribution in [3.8, 4) is 0 Å². The summed E-state index contributed by atoms with van der Waals surface area (Å²) in [6, 6.07) is 6.28. The highest BCUT2D eigenvalue weighted by molar-refractivity contribution is 5.16. The number of nitrogens with zero attached hydrogens (tertiary/aromatic N) is 1. The summed E-state index contributed by atoms with van der Waals surface area (Å²) >= 11 is 0. The summed E-state index contributed by atoms with van der Waals surface area (Å²) in [4.78, 5) is 1.89. The van der Waals surface area contributed by atoms with Gasteiger partial charge in [-0.05, 0) is 24.1 Å². The van der Waals surface area contributed by atoms with E-state index in [0.717, 1.165) is 12.0 Å². The number of β-amino-alcohol motifs (C(OH)–C–C–N with tert-alkyl or cyclic N) is 2. The highest BCUT2D eigenvalue weighted by Crippen LogP contribution is 2.13. The Balaban J connectivity index is 1.85. The molecule has 2 unspecified atom stereocenters. The van der Waals surface area contributed by atoms with Gasteiger partial charge in [0.05, 0.1) is 12.2 Å². The smallest absolute Gasteiger partial charge is 0.123 e. The van der Waals surface area contributed by atoms with Crippen molar-refractivity contribution in [3.63, 3.8) is 0 Å². The molecule has 2 atom stereocenters. The van der Waals surface area contributed by atoms with E-state index in [9.17, 15) is 19.7 Å². The first-order chi connectivity index (χ1) is 8.56. The zero-order chi connectivity index (χ0) is 13.1. The molecule has 3 N–H and O–H groups in total. The number of rotatable bonds is 3. The summed E-state index contributed by atoms with van der Waals surface area (Å²) in [6.45, 7) is 1.35. The Bertz CT molecular complexity index is 372. The number of piperidine rings is 1. The van der Waals surface area contributed by atoms with Gasteiger partial charge in [0.1, 0.15) is 11.9 Å². The third-order valence-corrected chi connectivity index (χ3v) is 3.31. The van der Waals surface area contributed by atoms with Crippen LogP contribution in [0.4, 0.5) is 4.39 Å². The largest absolute Gasteiger partial charge is 0.389 e. The van der Waals surface area contributed by atoms with Crippen LogP contribution in [0.15, 0.2) is 24.3 Å². The summed E-state index contributed by atoms with van der Waals surface area (Å²) in [7, 11) is 0. The lowest BCUT2D eigenvalue weighted by atomic mass is 10.0. The average Bonchev–Trinajstić information content (AvgIpc) is 2.35. The fourth-order valence-electron chi connectivity index (χ4n) is 2.20. The minimum Gasteiger partial charge on any atom is -0.389 e. The first-order valence-corrected chi connectivity index (χ1v) is 6.07. The molecule has 1 aromatic rings. The Kier molecular flexibility index (Phi) is 4.29. The van der Waals surface area contributed by atoms with Gasteiger partial charge in [-0.15, -0.1) is 0 Å². The molecule has 1 aliphatic heterocycles. The average molecular weight is 255 g/mol. The number of likely N-dealkylation sites (tertiary alicyclic amines) is 1. The lowest BCUT2D eigenvalue weighted by Gasteiger charge is -2.36. The van der Waals surface area contributed by atoms with E-state index in [1.165, 1.54) is 12.1 Å². The number of halogens is 1. The van der Waals surface area contributed by atoms with Crippen LogP contribution in [0.5, 0.6) is 0 Å². The lowest BCUT2D eigenvalue weighted by molar-refractivity contribution is -0.109. The Morgan fingerprint density at radius 2 is 1.61 bits per heavy atom. The fraction of sp³-hybridized carbons (Fsp3) is 0.538. The SMILES string of the molecule is OC1CN(CCc2ccc(F)cc2)CC(O)C1O. The second-order valence-electron chi connectivity index (χ2n) is 4.76. The second kappa shape index (κ2) is 5.75. The molecular weight excluding hydrogens is 237 g/mol. The third-order valence-electron chi connectivity index (χ3n) is 3.31. The molecule has 4 nitrogen and oxygen atoms in total. The fourth-order valence-corrected chi connectivity index (χ4v) is 2.20. The zero-order valence-corrected chi connectivity index (χ0v) is 10.0. The molecular formula is C13H18FNO3. The summed E-state index contributed by atoms with van der Waals surface area (Å²) in [5, 5.41) is 28.5. The van der Waals surface area contributed by atoms with Gasteiger partial charge in [-0.3, -0.25) is 4.90 Å². The Labute approximate surface area is 105 Å². The van der Waals surface area contributed by atoms with Crippen LogP contribution in [0.1, 0.15) is 5.56 Å². The number of benzene rings is 1. The van der Waals surface area contributed by atoms with Crippen LogP contribution in [0.25, 0.3) is 0 Å². The minimum absolute atomic E-state index is 0.259. The van der Waals surface area contributed by atoms with Crippen molar-refractivity contribution >= 4 is 0 Å². The van der Waals surface area contributed by atoms with Crippen molar-refractivity contribution in [3.05, 3.63) is 35.6 Å². The van der Waals surface area contributed by atoms with E-state index in [4.69, 9.17) is 0 Å². The van der Waals surface area contributed by atoms with Crippen molar-refractivity contribution in [2.75, 3.05) is 19.6 Å². The molecule has 5 heteroatoms. The van der Waals surface area contributed by atoms with E-state index in [0.29, 0.717) is 19.6 Å². The standard InChI is InChI=1S/C13H18FNO3/c14-10-3-1-9(2-4-10)5-6-15-7-11(16)13(18)12(17)8-15/h1-4,11-13,16-18H,5-8H2. The molecule has 2 rings (SSSR count). The summed E-state index contributed by atoms with van der Waals surface area (Å²) < 4.78 is 12.7. The molecule has 0 radical (unpaired) electrons.